The van der Waals surface area contributed by atoms with E-state index in [4.69, 9.17) is 4.52 Å². The molecule has 0 aliphatic carbocycles. The fraction of sp³-hybridized carbons (Fsp3) is 0.211. The Morgan fingerprint density at radius 1 is 0.846 bits per heavy atom. The predicted octanol–water partition coefficient (Wildman–Crippen LogP) is 4.45. The standard InChI is InChI=1S/C19H21N3O3S/c1-12-9-13(2)11-18(10-12)20-16-5-7-17(8-6-16)22-26(23,24)19-14(3)21-25-15(19)4/h5-11,20,22H,1-4H3. The maximum absolute atomic E-state index is 12.5. The van der Waals surface area contributed by atoms with Gasteiger partial charge in [-0.15, -0.1) is 0 Å². The van der Waals surface area contributed by atoms with Crippen LogP contribution in [0.1, 0.15) is 22.6 Å². The van der Waals surface area contributed by atoms with Crippen molar-refractivity contribution in [3.8, 4) is 0 Å². The Balaban J connectivity index is 1.77. The van der Waals surface area contributed by atoms with Gasteiger partial charge in [0.15, 0.2) is 10.7 Å². The first-order valence-corrected chi connectivity index (χ1v) is 9.64. The molecule has 1 aromatic heterocycles. The minimum atomic E-state index is -3.74. The number of aromatic nitrogens is 1. The van der Waals surface area contributed by atoms with Crippen LogP contribution in [0.15, 0.2) is 51.9 Å². The molecule has 0 fully saturated rings. The lowest BCUT2D eigenvalue weighted by Gasteiger charge is -2.11. The van der Waals surface area contributed by atoms with E-state index in [9.17, 15) is 8.42 Å². The second-order valence-electron chi connectivity index (χ2n) is 6.34. The number of anilines is 3. The summed E-state index contributed by atoms with van der Waals surface area (Å²) in [6.45, 7) is 7.27. The van der Waals surface area contributed by atoms with Crippen LogP contribution >= 0.6 is 0 Å². The van der Waals surface area contributed by atoms with Gasteiger partial charge in [-0.2, -0.15) is 0 Å². The van der Waals surface area contributed by atoms with Crippen LogP contribution in [0, 0.1) is 27.7 Å². The Kier molecular flexibility index (Phi) is 4.73. The topological polar surface area (TPSA) is 84.2 Å². The molecule has 0 bridgehead atoms. The van der Waals surface area contributed by atoms with Gasteiger partial charge < -0.3 is 9.84 Å². The SMILES string of the molecule is Cc1cc(C)cc(Nc2ccc(NS(=O)(=O)c3c(C)noc3C)cc2)c1. The van der Waals surface area contributed by atoms with Crippen molar-refractivity contribution in [1.82, 2.24) is 5.16 Å². The highest BCUT2D eigenvalue weighted by atomic mass is 32.2. The molecular weight excluding hydrogens is 350 g/mol. The van der Waals surface area contributed by atoms with E-state index in [0.29, 0.717) is 11.4 Å². The Bertz CT molecular complexity index is 999. The molecule has 0 aliphatic rings. The van der Waals surface area contributed by atoms with Crippen molar-refractivity contribution in [2.75, 3.05) is 10.0 Å². The van der Waals surface area contributed by atoms with Crippen LogP contribution < -0.4 is 10.0 Å². The molecule has 0 saturated heterocycles. The number of benzene rings is 2. The smallest absolute Gasteiger partial charge is 0.267 e. The van der Waals surface area contributed by atoms with E-state index >= 15 is 0 Å². The van der Waals surface area contributed by atoms with Gasteiger partial charge in [-0.05, 0) is 75.2 Å². The number of nitrogens with zero attached hydrogens (tertiary/aromatic N) is 1. The molecule has 0 radical (unpaired) electrons. The molecule has 0 spiro atoms. The van der Waals surface area contributed by atoms with Gasteiger partial charge in [-0.1, -0.05) is 11.2 Å². The fourth-order valence-corrected chi connectivity index (χ4v) is 4.29. The minimum absolute atomic E-state index is 0.0786. The molecule has 136 valence electrons. The third-order valence-electron chi connectivity index (χ3n) is 3.88. The summed E-state index contributed by atoms with van der Waals surface area (Å²) in [5.74, 6) is 0.267. The van der Waals surface area contributed by atoms with Gasteiger partial charge in [0.05, 0.1) is 0 Å². The van der Waals surface area contributed by atoms with E-state index in [0.717, 1.165) is 11.4 Å². The summed E-state index contributed by atoms with van der Waals surface area (Å²) in [5.41, 5.74) is 5.02. The van der Waals surface area contributed by atoms with Crippen LogP contribution in [0.5, 0.6) is 0 Å². The average Bonchev–Trinajstić information content (AvgIpc) is 2.87. The highest BCUT2D eigenvalue weighted by Gasteiger charge is 2.24. The predicted molar refractivity (Wildman–Crippen MR) is 102 cm³/mol. The zero-order chi connectivity index (χ0) is 18.9. The van der Waals surface area contributed by atoms with Crippen molar-refractivity contribution in [2.24, 2.45) is 0 Å². The van der Waals surface area contributed by atoms with E-state index in [2.05, 4.69) is 33.4 Å². The van der Waals surface area contributed by atoms with E-state index in [1.54, 1.807) is 26.0 Å². The Morgan fingerprint density at radius 3 is 1.96 bits per heavy atom. The second-order valence-corrected chi connectivity index (χ2v) is 7.96. The molecule has 6 nitrogen and oxygen atoms in total. The normalized spacial score (nSPS) is 11.4. The third kappa shape index (κ3) is 3.88. The maximum atomic E-state index is 12.5. The van der Waals surface area contributed by atoms with E-state index in [-0.39, 0.29) is 10.7 Å². The summed E-state index contributed by atoms with van der Waals surface area (Å²) in [6, 6.07) is 13.3. The molecule has 0 atom stereocenters. The van der Waals surface area contributed by atoms with Crippen LogP contribution in [0.4, 0.5) is 17.1 Å². The van der Waals surface area contributed by atoms with Crippen LogP contribution in [-0.4, -0.2) is 13.6 Å². The van der Waals surface area contributed by atoms with Crippen molar-refractivity contribution in [3.63, 3.8) is 0 Å². The lowest BCUT2D eigenvalue weighted by Crippen LogP contribution is -2.14. The monoisotopic (exact) mass is 371 g/mol. The minimum Gasteiger partial charge on any atom is -0.360 e. The first kappa shape index (κ1) is 18.0. The summed E-state index contributed by atoms with van der Waals surface area (Å²) in [7, 11) is -3.74. The van der Waals surface area contributed by atoms with Gasteiger partial charge >= 0.3 is 0 Å². The Morgan fingerprint density at radius 2 is 1.42 bits per heavy atom. The Hall–Kier alpha value is -2.80. The number of hydrogen-bond acceptors (Lipinski definition) is 5. The quantitative estimate of drug-likeness (QED) is 0.692. The molecule has 2 N–H and O–H groups in total. The van der Waals surface area contributed by atoms with Crippen molar-refractivity contribution >= 4 is 27.1 Å². The first-order valence-electron chi connectivity index (χ1n) is 8.16. The number of rotatable bonds is 5. The number of sulfonamides is 1. The lowest BCUT2D eigenvalue weighted by atomic mass is 10.1. The molecule has 0 amide bonds. The van der Waals surface area contributed by atoms with Crippen molar-refractivity contribution < 1.29 is 12.9 Å². The molecule has 3 aromatic rings. The molecule has 26 heavy (non-hydrogen) atoms. The molecule has 1 heterocycles. The second kappa shape index (κ2) is 6.84. The highest BCUT2D eigenvalue weighted by molar-refractivity contribution is 7.92. The van der Waals surface area contributed by atoms with Gasteiger partial charge in [0, 0.05) is 17.1 Å². The van der Waals surface area contributed by atoms with Crippen molar-refractivity contribution in [3.05, 3.63) is 65.0 Å². The van der Waals surface area contributed by atoms with Gasteiger partial charge in [-0.25, -0.2) is 8.42 Å². The molecule has 3 rings (SSSR count). The highest BCUT2D eigenvalue weighted by Crippen LogP contribution is 2.24. The zero-order valence-corrected chi connectivity index (χ0v) is 15.9. The van der Waals surface area contributed by atoms with Gasteiger partial charge in [-0.3, -0.25) is 4.72 Å². The molecule has 2 aromatic carbocycles. The van der Waals surface area contributed by atoms with Crippen molar-refractivity contribution in [1.29, 1.82) is 0 Å². The summed E-state index contributed by atoms with van der Waals surface area (Å²) in [6.07, 6.45) is 0. The first-order chi connectivity index (χ1) is 12.2. The van der Waals surface area contributed by atoms with Crippen LogP contribution in [-0.2, 0) is 10.0 Å². The summed E-state index contributed by atoms with van der Waals surface area (Å²) in [5, 5.41) is 7.01. The molecule has 0 saturated carbocycles. The molecule has 7 heteroatoms. The number of nitrogens with one attached hydrogen (secondary N) is 2. The maximum Gasteiger partial charge on any atom is 0.267 e. The summed E-state index contributed by atoms with van der Waals surface area (Å²) in [4.78, 5) is 0.0786. The van der Waals surface area contributed by atoms with Crippen LogP contribution in [0.3, 0.4) is 0 Å². The molecular formula is C19H21N3O3S. The average molecular weight is 371 g/mol. The summed E-state index contributed by atoms with van der Waals surface area (Å²) >= 11 is 0. The van der Waals surface area contributed by atoms with Gasteiger partial charge in [0.1, 0.15) is 5.69 Å². The van der Waals surface area contributed by atoms with E-state index in [1.807, 2.05) is 26.0 Å². The third-order valence-corrected chi connectivity index (χ3v) is 5.51. The zero-order valence-electron chi connectivity index (χ0n) is 15.1. The van der Waals surface area contributed by atoms with Gasteiger partial charge in [0.25, 0.3) is 10.0 Å². The van der Waals surface area contributed by atoms with E-state index in [1.165, 1.54) is 11.1 Å². The molecule has 0 unspecified atom stereocenters. The largest absolute Gasteiger partial charge is 0.360 e. The van der Waals surface area contributed by atoms with Crippen LogP contribution in [0.2, 0.25) is 0 Å². The Labute approximate surface area is 153 Å². The van der Waals surface area contributed by atoms with Gasteiger partial charge in [0.2, 0.25) is 0 Å². The fourth-order valence-electron chi connectivity index (χ4n) is 2.90. The van der Waals surface area contributed by atoms with E-state index < -0.39 is 10.0 Å². The molecule has 0 aliphatic heterocycles. The number of hydrogen-bond donors (Lipinski definition) is 2. The number of aryl methyl sites for hydroxylation is 4. The van der Waals surface area contributed by atoms with Crippen molar-refractivity contribution in [2.45, 2.75) is 32.6 Å². The summed E-state index contributed by atoms with van der Waals surface area (Å²) < 4.78 is 32.6. The van der Waals surface area contributed by atoms with Crippen LogP contribution in [0.25, 0.3) is 0 Å². The lowest BCUT2D eigenvalue weighted by molar-refractivity contribution is 0.390.